The first-order chi connectivity index (χ1) is 19.8. The quantitative estimate of drug-likeness (QED) is 0.296. The van der Waals surface area contributed by atoms with E-state index in [1.807, 2.05) is 53.7 Å². The zero-order valence-corrected chi connectivity index (χ0v) is 24.1. The standard InChI is InChI=1S/C29H31N8O3P/c1-35(2)17-21-24(41(39)12-9-36(3)10-13-41)6-7-25(34-21)33-20-5-4-18(19-14-31-28(38)27(19)20)23-15-30-26-16-32-29-22(37(23)26)8-11-40-29/h4-8,11,15-16H,9-10,12-14,17H2,1-3H3,(H,31,38)(H,33,34). The van der Waals surface area contributed by atoms with Crippen molar-refractivity contribution in [3.63, 3.8) is 0 Å². The van der Waals surface area contributed by atoms with Gasteiger partial charge < -0.3 is 29.4 Å². The molecular formula is C29H31N8O3P. The van der Waals surface area contributed by atoms with Crippen molar-refractivity contribution in [2.45, 2.75) is 13.1 Å². The maximum Gasteiger partial charge on any atom is 0.254 e. The first-order valence-electron chi connectivity index (χ1n) is 13.6. The largest absolute Gasteiger partial charge is 0.445 e. The fourth-order valence-corrected chi connectivity index (χ4v) is 8.86. The monoisotopic (exact) mass is 570 g/mol. The Balaban J connectivity index is 1.28. The van der Waals surface area contributed by atoms with Crippen molar-refractivity contribution in [1.29, 1.82) is 0 Å². The van der Waals surface area contributed by atoms with Gasteiger partial charge in [0.05, 0.1) is 41.3 Å². The van der Waals surface area contributed by atoms with Gasteiger partial charge in [-0.05, 0) is 44.9 Å². The second-order valence-corrected chi connectivity index (χ2v) is 14.2. The van der Waals surface area contributed by atoms with Gasteiger partial charge >= 0.3 is 0 Å². The summed E-state index contributed by atoms with van der Waals surface area (Å²) in [6.07, 6.45) is 6.41. The highest BCUT2D eigenvalue weighted by Crippen LogP contribution is 2.47. The van der Waals surface area contributed by atoms with Crippen LogP contribution in [0.25, 0.3) is 28.1 Å². The van der Waals surface area contributed by atoms with Crippen molar-refractivity contribution < 1.29 is 13.8 Å². The van der Waals surface area contributed by atoms with Crippen LogP contribution in [0.5, 0.6) is 0 Å². The molecule has 0 aliphatic carbocycles. The Hall–Kier alpha value is -4.05. The summed E-state index contributed by atoms with van der Waals surface area (Å²) >= 11 is 0. The molecule has 2 N–H and O–H groups in total. The molecular weight excluding hydrogens is 539 g/mol. The van der Waals surface area contributed by atoms with Gasteiger partial charge in [0.2, 0.25) is 5.71 Å². The lowest BCUT2D eigenvalue weighted by molar-refractivity contribution is 0.0966. The molecule has 0 atom stereocenters. The number of fused-ring (bicyclic) bond motifs is 4. The summed E-state index contributed by atoms with van der Waals surface area (Å²) < 4.78 is 21.5. The maximum absolute atomic E-state index is 14.0. The molecule has 0 bridgehead atoms. The van der Waals surface area contributed by atoms with E-state index in [-0.39, 0.29) is 5.91 Å². The molecule has 0 radical (unpaired) electrons. The Morgan fingerprint density at radius 3 is 2.73 bits per heavy atom. The number of imidazole rings is 1. The number of furan rings is 1. The van der Waals surface area contributed by atoms with Crippen molar-refractivity contribution in [2.75, 3.05) is 51.9 Å². The third-order valence-electron chi connectivity index (χ3n) is 8.00. The number of anilines is 2. The third kappa shape index (κ3) is 4.41. The van der Waals surface area contributed by atoms with Crippen molar-refractivity contribution in [2.24, 2.45) is 0 Å². The van der Waals surface area contributed by atoms with Crippen LogP contribution in [-0.2, 0) is 17.7 Å². The van der Waals surface area contributed by atoms with Crippen molar-refractivity contribution >= 4 is 46.7 Å². The lowest BCUT2D eigenvalue weighted by atomic mass is 9.99. The van der Waals surface area contributed by atoms with Gasteiger partial charge in [-0.2, -0.15) is 0 Å². The second kappa shape index (κ2) is 9.80. The Labute approximate surface area is 237 Å². The van der Waals surface area contributed by atoms with Crippen LogP contribution < -0.4 is 15.9 Å². The molecule has 12 heteroatoms. The maximum atomic E-state index is 14.0. The summed E-state index contributed by atoms with van der Waals surface area (Å²) in [5.74, 6) is 0.469. The van der Waals surface area contributed by atoms with Gasteiger partial charge in [-0.1, -0.05) is 6.07 Å². The van der Waals surface area contributed by atoms with E-state index in [2.05, 4.69) is 32.5 Å². The van der Waals surface area contributed by atoms with Gasteiger partial charge in [0.1, 0.15) is 18.5 Å². The highest BCUT2D eigenvalue weighted by Gasteiger charge is 2.32. The molecule has 6 heterocycles. The number of hydrogen-bond donors (Lipinski definition) is 2. The predicted octanol–water partition coefficient (Wildman–Crippen LogP) is 3.52. The van der Waals surface area contributed by atoms with Crippen molar-refractivity contribution in [3.05, 3.63) is 65.8 Å². The normalized spacial score (nSPS) is 16.9. The first kappa shape index (κ1) is 25.9. The SMILES string of the molecule is CN(C)Cc1nc(Nc2ccc(-c3cnc4cnc5occc5n34)c3c2C(=O)NC3)ccc1P1(=O)CCN(C)CC1. The van der Waals surface area contributed by atoms with Crippen molar-refractivity contribution in [3.8, 4) is 11.3 Å². The van der Waals surface area contributed by atoms with E-state index in [0.717, 1.165) is 46.4 Å². The number of aromatic nitrogens is 4. The summed E-state index contributed by atoms with van der Waals surface area (Å²) in [5.41, 5.74) is 6.74. The second-order valence-electron chi connectivity index (χ2n) is 11.1. The van der Waals surface area contributed by atoms with E-state index < -0.39 is 7.14 Å². The van der Waals surface area contributed by atoms with E-state index >= 15 is 0 Å². The highest BCUT2D eigenvalue weighted by atomic mass is 31.2. The van der Waals surface area contributed by atoms with Crippen LogP contribution >= 0.6 is 7.14 Å². The molecule has 1 amide bonds. The van der Waals surface area contributed by atoms with E-state index in [1.54, 1.807) is 18.7 Å². The Bertz CT molecular complexity index is 1870. The molecule has 1 saturated heterocycles. The molecule has 11 nitrogen and oxygen atoms in total. The van der Waals surface area contributed by atoms with Crippen LogP contribution in [0.3, 0.4) is 0 Å². The molecule has 5 aromatic rings. The molecule has 7 rings (SSSR count). The zero-order chi connectivity index (χ0) is 28.3. The highest BCUT2D eigenvalue weighted by molar-refractivity contribution is 7.71. The summed E-state index contributed by atoms with van der Waals surface area (Å²) in [6.45, 7) is 2.62. The number of nitrogens with zero attached hydrogens (tertiary/aromatic N) is 6. The minimum Gasteiger partial charge on any atom is -0.445 e. The number of hydrogen-bond acceptors (Lipinski definition) is 9. The summed E-state index contributed by atoms with van der Waals surface area (Å²) in [4.78, 5) is 31.2. The van der Waals surface area contributed by atoms with Gasteiger partial charge in [-0.15, -0.1) is 0 Å². The molecule has 2 aliphatic rings. The Morgan fingerprint density at radius 2 is 1.93 bits per heavy atom. The average Bonchev–Trinajstić information content (AvgIpc) is 3.69. The Morgan fingerprint density at radius 1 is 1.10 bits per heavy atom. The number of carbonyl (C=O) groups excluding carboxylic acids is 1. The van der Waals surface area contributed by atoms with Crippen LogP contribution in [0.15, 0.2) is 53.4 Å². The summed E-state index contributed by atoms with van der Waals surface area (Å²) in [7, 11) is 3.51. The number of pyridine rings is 1. The molecule has 4 aromatic heterocycles. The van der Waals surface area contributed by atoms with E-state index in [9.17, 15) is 9.36 Å². The van der Waals surface area contributed by atoms with Gasteiger partial charge in [0, 0.05) is 55.4 Å². The number of nitrogens with one attached hydrogen (secondary N) is 2. The zero-order valence-electron chi connectivity index (χ0n) is 23.2. The van der Waals surface area contributed by atoms with Crippen molar-refractivity contribution in [1.82, 2.24) is 34.5 Å². The predicted molar refractivity (Wildman–Crippen MR) is 159 cm³/mol. The molecule has 210 valence electrons. The van der Waals surface area contributed by atoms with Gasteiger partial charge in [0.15, 0.2) is 5.65 Å². The molecule has 41 heavy (non-hydrogen) atoms. The molecule has 0 spiro atoms. The molecule has 0 unspecified atom stereocenters. The molecule has 0 saturated carbocycles. The molecule has 1 aromatic carbocycles. The summed E-state index contributed by atoms with van der Waals surface area (Å²) in [6, 6.07) is 9.63. The smallest absolute Gasteiger partial charge is 0.254 e. The van der Waals surface area contributed by atoms with E-state index in [4.69, 9.17) is 9.40 Å². The number of rotatable bonds is 6. The van der Waals surface area contributed by atoms with Crippen LogP contribution in [0.1, 0.15) is 21.6 Å². The minimum atomic E-state index is -2.53. The van der Waals surface area contributed by atoms with Gasteiger partial charge in [-0.3, -0.25) is 9.20 Å². The van der Waals surface area contributed by atoms with E-state index in [1.165, 1.54) is 0 Å². The molecule has 1 fully saturated rings. The van der Waals surface area contributed by atoms with Crippen LogP contribution in [0, 0.1) is 0 Å². The number of carbonyl (C=O) groups is 1. The number of amides is 1. The lowest BCUT2D eigenvalue weighted by Crippen LogP contribution is -2.35. The fourth-order valence-electron chi connectivity index (χ4n) is 5.89. The van der Waals surface area contributed by atoms with Gasteiger partial charge in [0.25, 0.3) is 5.91 Å². The fraction of sp³-hybridized carbons (Fsp3) is 0.310. The van der Waals surface area contributed by atoms with Gasteiger partial charge in [-0.25, -0.2) is 15.0 Å². The third-order valence-corrected chi connectivity index (χ3v) is 11.1. The topological polar surface area (TPSA) is 121 Å². The minimum absolute atomic E-state index is 0.144. The van der Waals surface area contributed by atoms with Crippen LogP contribution in [0.4, 0.5) is 11.5 Å². The van der Waals surface area contributed by atoms with Crippen LogP contribution in [-0.4, -0.2) is 81.6 Å². The summed E-state index contributed by atoms with van der Waals surface area (Å²) in [5, 5.41) is 7.25. The van der Waals surface area contributed by atoms with E-state index in [0.29, 0.717) is 53.8 Å². The number of benzene rings is 1. The Kier molecular flexibility index (Phi) is 6.19. The van der Waals surface area contributed by atoms with Crippen LogP contribution in [0.2, 0.25) is 0 Å². The average molecular weight is 571 g/mol. The molecule has 2 aliphatic heterocycles. The first-order valence-corrected chi connectivity index (χ1v) is 15.7. The lowest BCUT2D eigenvalue weighted by Gasteiger charge is -2.31.